The monoisotopic (exact) mass is 920 g/mol. The molecule has 3 aromatic carbocycles. The first-order valence-corrected chi connectivity index (χ1v) is 22.9. The van der Waals surface area contributed by atoms with Gasteiger partial charge in [-0.2, -0.15) is 0 Å². The lowest BCUT2D eigenvalue weighted by Gasteiger charge is -2.19. The summed E-state index contributed by atoms with van der Waals surface area (Å²) in [6.45, 7) is 16.9. The summed E-state index contributed by atoms with van der Waals surface area (Å²) < 4.78 is 56.1. The fourth-order valence-electron chi connectivity index (χ4n) is 5.51. The zero-order valence-electron chi connectivity index (χ0n) is 39.5. The summed E-state index contributed by atoms with van der Waals surface area (Å²) in [7, 11) is 0. The van der Waals surface area contributed by atoms with Gasteiger partial charge in [-0.3, -0.25) is 9.59 Å². The number of hydrogen-bond donors (Lipinski definition) is 0. The van der Waals surface area contributed by atoms with Crippen molar-refractivity contribution in [3.05, 3.63) is 109 Å². The van der Waals surface area contributed by atoms with E-state index in [1.807, 2.05) is 85.8 Å². The molecule has 0 amide bonds. The van der Waals surface area contributed by atoms with Crippen molar-refractivity contribution in [2.24, 2.45) is 0 Å². The second kappa shape index (κ2) is 36.4. The molecule has 0 radical (unpaired) electrons. The molecule has 0 aliphatic heterocycles. The van der Waals surface area contributed by atoms with Gasteiger partial charge in [0.2, 0.25) is 0 Å². The van der Waals surface area contributed by atoms with Crippen molar-refractivity contribution < 1.29 is 66.5 Å². The van der Waals surface area contributed by atoms with Crippen LogP contribution in [0.25, 0.3) is 0 Å². The lowest BCUT2D eigenvalue weighted by atomic mass is 10.1. The Morgan fingerprint density at radius 1 is 0.455 bits per heavy atom. The standard InChI is InChI=1S/C43H56O12.C9H16O2/c1-4-16-41(44)54-39(32-52-35-17-9-7-10-18-35)30-47-25-27-49-37-21-15-22-38(29-37)50-28-26-48-31-40(33-53-36-19-11-8-12-20-36)55-42(45)23-13-5-6-14-24-51-43(46)34(2)3;1-4-5-6-7-11-9(10)8(2)3/h7-12,15,17-22,29,39-40H,2,4-6,13-14,16,23-28,30-33H2,1,3H3;2,4-7H2,1,3H3. The van der Waals surface area contributed by atoms with E-state index in [-0.39, 0.29) is 83.2 Å². The van der Waals surface area contributed by atoms with Crippen LogP contribution in [0.5, 0.6) is 23.0 Å². The van der Waals surface area contributed by atoms with E-state index in [1.165, 1.54) is 0 Å². The summed E-state index contributed by atoms with van der Waals surface area (Å²) in [5, 5.41) is 0. The van der Waals surface area contributed by atoms with Gasteiger partial charge < -0.3 is 47.4 Å². The van der Waals surface area contributed by atoms with Gasteiger partial charge in [0.1, 0.15) is 49.4 Å². The average Bonchev–Trinajstić information content (AvgIpc) is 3.31. The van der Waals surface area contributed by atoms with Crippen molar-refractivity contribution in [2.75, 3.05) is 66.1 Å². The third-order valence-corrected chi connectivity index (χ3v) is 9.00. The van der Waals surface area contributed by atoms with Crippen molar-refractivity contribution in [3.8, 4) is 23.0 Å². The zero-order valence-corrected chi connectivity index (χ0v) is 39.5. The second-order valence-corrected chi connectivity index (χ2v) is 15.2. The Morgan fingerprint density at radius 3 is 1.35 bits per heavy atom. The Hall–Kier alpha value is -5.86. The average molecular weight is 921 g/mol. The largest absolute Gasteiger partial charge is 0.491 e. The van der Waals surface area contributed by atoms with Crippen LogP contribution in [-0.4, -0.2) is 102 Å². The first-order valence-electron chi connectivity index (χ1n) is 22.9. The number of para-hydroxylation sites is 2. The molecular weight excluding hydrogens is 849 g/mol. The van der Waals surface area contributed by atoms with Gasteiger partial charge >= 0.3 is 23.9 Å². The fourth-order valence-corrected chi connectivity index (χ4v) is 5.51. The van der Waals surface area contributed by atoms with Crippen LogP contribution in [0.2, 0.25) is 0 Å². The number of carbonyl (C=O) groups is 4. The minimum absolute atomic E-state index is 0.135. The Balaban J connectivity index is 0.00000120. The van der Waals surface area contributed by atoms with Gasteiger partial charge in [0.05, 0.1) is 39.6 Å². The number of carbonyl (C=O) groups excluding carboxylic acids is 4. The molecule has 0 aromatic heterocycles. The number of ether oxygens (including phenoxy) is 10. The molecule has 0 spiro atoms. The molecule has 66 heavy (non-hydrogen) atoms. The number of benzene rings is 3. The third kappa shape index (κ3) is 28.8. The summed E-state index contributed by atoms with van der Waals surface area (Å²) in [4.78, 5) is 47.0. The van der Waals surface area contributed by atoms with Crippen molar-refractivity contribution >= 4 is 23.9 Å². The molecule has 0 saturated heterocycles. The van der Waals surface area contributed by atoms with E-state index >= 15 is 0 Å². The van der Waals surface area contributed by atoms with Gasteiger partial charge in [0.15, 0.2) is 12.2 Å². The number of esters is 4. The highest BCUT2D eigenvalue weighted by molar-refractivity contribution is 5.87. The minimum Gasteiger partial charge on any atom is -0.491 e. The molecule has 0 saturated carbocycles. The molecular formula is C52H72O14. The maximum atomic E-state index is 12.6. The van der Waals surface area contributed by atoms with E-state index < -0.39 is 12.2 Å². The third-order valence-electron chi connectivity index (χ3n) is 9.00. The molecule has 0 heterocycles. The molecule has 3 rings (SSSR count). The van der Waals surface area contributed by atoms with E-state index in [0.717, 1.165) is 38.5 Å². The van der Waals surface area contributed by atoms with Crippen LogP contribution in [0.1, 0.15) is 91.9 Å². The predicted octanol–water partition coefficient (Wildman–Crippen LogP) is 9.62. The van der Waals surface area contributed by atoms with Crippen LogP contribution in [0, 0.1) is 0 Å². The smallest absolute Gasteiger partial charge is 0.333 e. The van der Waals surface area contributed by atoms with Crippen molar-refractivity contribution in [1.29, 1.82) is 0 Å². The SMILES string of the molecule is C=C(C)C(=O)OCCCCC.C=C(C)C(=O)OCCCCCCC(=O)OC(COCCOc1cccc(OCCOCC(COc2ccccc2)OC(=O)CCC)c1)COc1ccccc1. The highest BCUT2D eigenvalue weighted by atomic mass is 16.6. The molecule has 14 heteroatoms. The normalized spacial score (nSPS) is 11.4. The van der Waals surface area contributed by atoms with Gasteiger partial charge in [0, 0.05) is 30.1 Å². The highest BCUT2D eigenvalue weighted by Crippen LogP contribution is 2.20. The predicted molar refractivity (Wildman–Crippen MR) is 252 cm³/mol. The maximum absolute atomic E-state index is 12.6. The fraction of sp³-hybridized carbons (Fsp3) is 0.500. The Kier molecular flexibility index (Phi) is 31.0. The van der Waals surface area contributed by atoms with E-state index in [4.69, 9.17) is 47.4 Å². The summed E-state index contributed by atoms with van der Waals surface area (Å²) in [5.74, 6) is 1.28. The molecule has 2 atom stereocenters. The number of rotatable bonds is 35. The van der Waals surface area contributed by atoms with E-state index in [1.54, 1.807) is 19.9 Å². The lowest BCUT2D eigenvalue weighted by molar-refractivity contribution is -0.155. The first-order chi connectivity index (χ1) is 32.0. The van der Waals surface area contributed by atoms with E-state index in [9.17, 15) is 19.2 Å². The highest BCUT2D eigenvalue weighted by Gasteiger charge is 2.18. The molecule has 0 aliphatic carbocycles. The Morgan fingerprint density at radius 2 is 0.894 bits per heavy atom. The Labute approximate surface area is 391 Å². The van der Waals surface area contributed by atoms with Crippen LogP contribution in [0.4, 0.5) is 0 Å². The summed E-state index contributed by atoms with van der Waals surface area (Å²) in [6, 6.07) is 25.9. The summed E-state index contributed by atoms with van der Waals surface area (Å²) in [5.41, 5.74) is 0.851. The van der Waals surface area contributed by atoms with Gasteiger partial charge in [-0.25, -0.2) is 9.59 Å². The molecule has 0 N–H and O–H groups in total. The van der Waals surface area contributed by atoms with E-state index in [0.29, 0.717) is 66.6 Å². The van der Waals surface area contributed by atoms with Crippen molar-refractivity contribution in [1.82, 2.24) is 0 Å². The van der Waals surface area contributed by atoms with E-state index in [2.05, 4.69) is 20.1 Å². The van der Waals surface area contributed by atoms with Gasteiger partial charge in [-0.1, -0.05) is 95.2 Å². The van der Waals surface area contributed by atoms with Crippen molar-refractivity contribution in [3.63, 3.8) is 0 Å². The molecule has 14 nitrogen and oxygen atoms in total. The van der Waals surface area contributed by atoms with Crippen LogP contribution < -0.4 is 18.9 Å². The molecule has 3 aromatic rings. The quantitative estimate of drug-likeness (QED) is 0.0237. The topological polar surface area (TPSA) is 161 Å². The van der Waals surface area contributed by atoms with Crippen LogP contribution in [0.15, 0.2) is 109 Å². The molecule has 0 aliphatic rings. The van der Waals surface area contributed by atoms with Gasteiger partial charge in [-0.15, -0.1) is 0 Å². The second-order valence-electron chi connectivity index (χ2n) is 15.2. The summed E-state index contributed by atoms with van der Waals surface area (Å²) in [6.07, 6.45) is 6.36. The van der Waals surface area contributed by atoms with Crippen LogP contribution in [-0.2, 0) is 47.6 Å². The maximum Gasteiger partial charge on any atom is 0.333 e. The first kappa shape index (κ1) is 56.3. The number of unbranched alkanes of at least 4 members (excludes halogenated alkanes) is 5. The molecule has 0 fully saturated rings. The van der Waals surface area contributed by atoms with Gasteiger partial charge in [-0.05, 0) is 75.9 Å². The molecule has 364 valence electrons. The van der Waals surface area contributed by atoms with Crippen LogP contribution >= 0.6 is 0 Å². The Bertz CT molecular complexity index is 1800. The molecule has 2 unspecified atom stereocenters. The summed E-state index contributed by atoms with van der Waals surface area (Å²) >= 11 is 0. The van der Waals surface area contributed by atoms with Crippen molar-refractivity contribution in [2.45, 2.75) is 104 Å². The molecule has 0 bridgehead atoms. The van der Waals surface area contributed by atoms with Gasteiger partial charge in [0.25, 0.3) is 0 Å². The minimum atomic E-state index is -0.608. The zero-order chi connectivity index (χ0) is 48.0. The number of hydrogen-bond acceptors (Lipinski definition) is 14. The van der Waals surface area contributed by atoms with Crippen LogP contribution in [0.3, 0.4) is 0 Å². The lowest BCUT2D eigenvalue weighted by Crippen LogP contribution is -2.30.